The van der Waals surface area contributed by atoms with Crippen molar-refractivity contribution >= 4 is 27.7 Å². The number of imidazole rings is 1. The summed E-state index contributed by atoms with van der Waals surface area (Å²) in [5, 5.41) is 0.387. The van der Waals surface area contributed by atoms with Crippen molar-refractivity contribution in [2.24, 2.45) is 0 Å². The van der Waals surface area contributed by atoms with E-state index in [4.69, 9.17) is 16.3 Å². The van der Waals surface area contributed by atoms with Gasteiger partial charge in [-0.2, -0.15) is 0 Å². The molecule has 1 aliphatic rings. The van der Waals surface area contributed by atoms with Crippen molar-refractivity contribution < 1.29 is 22.7 Å². The zero-order valence-electron chi connectivity index (χ0n) is 17.8. The van der Waals surface area contributed by atoms with Crippen LogP contribution >= 0.6 is 11.6 Å². The van der Waals surface area contributed by atoms with Crippen molar-refractivity contribution in [3.63, 3.8) is 0 Å². The van der Waals surface area contributed by atoms with E-state index in [1.165, 1.54) is 6.07 Å². The lowest BCUT2D eigenvalue weighted by Crippen LogP contribution is -2.30. The molecule has 1 aliphatic heterocycles. The zero-order valence-corrected chi connectivity index (χ0v) is 19.3. The van der Waals surface area contributed by atoms with Gasteiger partial charge >= 0.3 is 6.09 Å². The van der Waals surface area contributed by atoms with Gasteiger partial charge in [-0.25, -0.2) is 22.9 Å². The van der Waals surface area contributed by atoms with Crippen LogP contribution in [0.3, 0.4) is 0 Å². The molecule has 1 N–H and O–H groups in total. The smallest absolute Gasteiger partial charge is 0.420 e. The van der Waals surface area contributed by atoms with Gasteiger partial charge in [-0.05, 0) is 48.2 Å². The Bertz CT molecular complexity index is 1280. The van der Waals surface area contributed by atoms with Crippen LogP contribution in [0.25, 0.3) is 11.1 Å². The van der Waals surface area contributed by atoms with Crippen molar-refractivity contribution in [1.29, 1.82) is 0 Å². The quantitative estimate of drug-likeness (QED) is 0.598. The summed E-state index contributed by atoms with van der Waals surface area (Å²) in [5.74, 6) is 0.482. The number of carbonyl (C=O) groups excluding carboxylic acids is 1. The molecule has 0 spiro atoms. The summed E-state index contributed by atoms with van der Waals surface area (Å²) in [6.07, 6.45) is 2.97. The van der Waals surface area contributed by atoms with E-state index in [1.54, 1.807) is 23.0 Å². The number of methoxy groups -OCH3 is 1. The van der Waals surface area contributed by atoms with Crippen LogP contribution < -0.4 is 9.46 Å². The summed E-state index contributed by atoms with van der Waals surface area (Å²) in [6.45, 7) is 4.40. The van der Waals surface area contributed by atoms with E-state index >= 15 is 0 Å². The first kappa shape index (κ1) is 22.2. The Kier molecular flexibility index (Phi) is 5.64. The molecule has 10 heteroatoms. The molecule has 4 rings (SSSR count). The molecule has 0 fully saturated rings. The number of sulfonamides is 1. The van der Waals surface area contributed by atoms with Crippen LogP contribution in [0.1, 0.15) is 25.0 Å². The zero-order chi connectivity index (χ0) is 23.1. The van der Waals surface area contributed by atoms with E-state index in [0.717, 1.165) is 18.2 Å². The Labute approximate surface area is 191 Å². The van der Waals surface area contributed by atoms with Gasteiger partial charge in [0, 0.05) is 37.0 Å². The molecule has 1 aromatic heterocycles. The predicted molar refractivity (Wildman–Crippen MR) is 119 cm³/mol. The number of halogens is 1. The Hall–Kier alpha value is -3.04. The fraction of sp³-hybridized carbons (Fsp3) is 0.273. The molecule has 2 aromatic carbocycles. The summed E-state index contributed by atoms with van der Waals surface area (Å²) in [4.78, 5) is 15.6. The van der Waals surface area contributed by atoms with Crippen molar-refractivity contribution in [3.8, 4) is 16.9 Å². The van der Waals surface area contributed by atoms with Gasteiger partial charge in [0.25, 0.3) is 10.0 Å². The topological polar surface area (TPSA) is 99.5 Å². The first-order valence-electron chi connectivity index (χ1n) is 9.81. The van der Waals surface area contributed by atoms with Crippen molar-refractivity contribution in [2.75, 3.05) is 7.11 Å². The van der Waals surface area contributed by atoms with E-state index < -0.39 is 21.7 Å². The molecule has 0 unspecified atom stereocenters. The predicted octanol–water partition coefficient (Wildman–Crippen LogP) is 4.01. The number of fused-ring (bicyclic) bond motifs is 1. The summed E-state index contributed by atoms with van der Waals surface area (Å²) in [5.41, 5.74) is 2.57. The average Bonchev–Trinajstić information content (AvgIpc) is 3.27. The minimum absolute atomic E-state index is 0.0650. The third kappa shape index (κ3) is 4.44. The lowest BCUT2D eigenvalue weighted by atomic mass is 9.97. The molecule has 0 bridgehead atoms. The molecule has 0 radical (unpaired) electrons. The second-order valence-electron chi connectivity index (χ2n) is 8.11. The van der Waals surface area contributed by atoms with Crippen LogP contribution in [-0.2, 0) is 27.7 Å². The Morgan fingerprint density at radius 1 is 1.28 bits per heavy atom. The first-order valence-corrected chi connectivity index (χ1v) is 11.7. The molecule has 0 atom stereocenters. The van der Waals surface area contributed by atoms with Gasteiger partial charge < -0.3 is 14.0 Å². The highest BCUT2D eigenvalue weighted by Gasteiger charge is 2.33. The molecule has 0 saturated carbocycles. The number of hydrogen-bond donors (Lipinski definition) is 1. The molecule has 3 aromatic rings. The Morgan fingerprint density at radius 3 is 2.62 bits per heavy atom. The number of nitrogens with one attached hydrogen (secondary N) is 1. The van der Waals surface area contributed by atoms with Gasteiger partial charge in [0.15, 0.2) is 0 Å². The van der Waals surface area contributed by atoms with Crippen LogP contribution in [0, 0.1) is 0 Å². The van der Waals surface area contributed by atoms with E-state index in [0.29, 0.717) is 35.1 Å². The summed E-state index contributed by atoms with van der Waals surface area (Å²) in [6, 6.07) is 10.7. The number of nitrogens with zero attached hydrogens (tertiary/aromatic N) is 2. The van der Waals surface area contributed by atoms with Crippen molar-refractivity contribution in [1.82, 2.24) is 14.3 Å². The van der Waals surface area contributed by atoms with Gasteiger partial charge in [0.2, 0.25) is 5.28 Å². The van der Waals surface area contributed by atoms with Crippen LogP contribution in [0.15, 0.2) is 53.7 Å². The van der Waals surface area contributed by atoms with E-state index in [1.807, 2.05) is 42.8 Å². The Balaban J connectivity index is 1.75. The van der Waals surface area contributed by atoms with E-state index in [9.17, 15) is 13.2 Å². The summed E-state index contributed by atoms with van der Waals surface area (Å²) in [7, 11) is -3.10. The number of benzene rings is 2. The second-order valence-corrected chi connectivity index (χ2v) is 10.1. The Morgan fingerprint density at radius 2 is 2.00 bits per heavy atom. The highest BCUT2D eigenvalue weighted by Crippen LogP contribution is 2.41. The lowest BCUT2D eigenvalue weighted by Gasteiger charge is -2.17. The summed E-state index contributed by atoms with van der Waals surface area (Å²) < 4.78 is 40.1. The molecule has 2 heterocycles. The van der Waals surface area contributed by atoms with Crippen LogP contribution in [0.5, 0.6) is 5.75 Å². The van der Waals surface area contributed by atoms with Crippen LogP contribution in [0.4, 0.5) is 4.79 Å². The number of carbonyl (C=O) groups is 1. The van der Waals surface area contributed by atoms with Gasteiger partial charge in [0.1, 0.15) is 11.4 Å². The normalized spacial score (nSPS) is 14.5. The fourth-order valence-corrected chi connectivity index (χ4v) is 5.01. The largest absolute Gasteiger partial charge is 0.487 e. The maximum atomic E-state index is 13.0. The summed E-state index contributed by atoms with van der Waals surface area (Å²) >= 11 is 6.05. The minimum atomic E-state index is -4.20. The number of ether oxygens (including phenoxy) is 2. The van der Waals surface area contributed by atoms with E-state index in [-0.39, 0.29) is 4.90 Å². The maximum Gasteiger partial charge on any atom is 0.420 e. The number of aromatic nitrogens is 2. The molecule has 32 heavy (non-hydrogen) atoms. The number of amides is 1. The highest BCUT2D eigenvalue weighted by molar-refractivity contribution is 7.90. The van der Waals surface area contributed by atoms with Crippen LogP contribution in [0.2, 0.25) is 5.28 Å². The molecule has 1 amide bonds. The molecule has 8 nitrogen and oxygen atoms in total. The maximum absolute atomic E-state index is 13.0. The molecular formula is C22H22ClN3O5S. The van der Waals surface area contributed by atoms with Crippen molar-refractivity contribution in [3.05, 3.63) is 65.2 Å². The third-order valence-corrected chi connectivity index (χ3v) is 6.81. The average molecular weight is 476 g/mol. The van der Waals surface area contributed by atoms with Gasteiger partial charge in [-0.15, -0.1) is 0 Å². The van der Waals surface area contributed by atoms with E-state index in [2.05, 4.69) is 9.72 Å². The van der Waals surface area contributed by atoms with Crippen molar-refractivity contribution in [2.45, 2.75) is 37.3 Å². The highest BCUT2D eigenvalue weighted by atomic mass is 35.5. The standard InChI is InChI=1S/C22H22ClN3O5S/c1-22(2)12-16-10-17(19(11-18(16)31-22)32(28,29)25-21(27)30-3)15-6-4-14(5-7-15)13-26-9-8-24-20(26)23/h4-11H,12-13H2,1-3H3,(H,25,27). The van der Waals surface area contributed by atoms with Gasteiger partial charge in [-0.3, -0.25) is 0 Å². The van der Waals surface area contributed by atoms with Gasteiger partial charge in [-0.1, -0.05) is 24.3 Å². The van der Waals surface area contributed by atoms with Gasteiger partial charge in [0.05, 0.1) is 12.0 Å². The molecular weight excluding hydrogens is 454 g/mol. The molecule has 0 aliphatic carbocycles. The number of rotatable bonds is 5. The molecule has 0 saturated heterocycles. The monoisotopic (exact) mass is 475 g/mol. The number of hydrogen-bond acceptors (Lipinski definition) is 6. The SMILES string of the molecule is COC(=O)NS(=O)(=O)c1cc2c(cc1-c1ccc(Cn3ccnc3Cl)cc1)CC(C)(C)O2. The molecule has 168 valence electrons. The van der Waals surface area contributed by atoms with Crippen LogP contribution in [-0.4, -0.2) is 36.8 Å². The minimum Gasteiger partial charge on any atom is -0.487 e. The lowest BCUT2D eigenvalue weighted by molar-refractivity contribution is 0.138. The second kappa shape index (κ2) is 8.14. The first-order chi connectivity index (χ1) is 15.1. The fourth-order valence-electron chi connectivity index (χ4n) is 3.70. The third-order valence-electron chi connectivity index (χ3n) is 5.14.